The summed E-state index contributed by atoms with van der Waals surface area (Å²) in [6.45, 7) is -0.390. The van der Waals surface area contributed by atoms with Gasteiger partial charge < -0.3 is 10.8 Å². The van der Waals surface area contributed by atoms with E-state index in [2.05, 4.69) is 5.32 Å². The van der Waals surface area contributed by atoms with Crippen molar-refractivity contribution in [2.24, 2.45) is 5.73 Å². The first-order valence-corrected chi connectivity index (χ1v) is 3.44. The van der Waals surface area contributed by atoms with E-state index in [0.29, 0.717) is 19.4 Å². The van der Waals surface area contributed by atoms with E-state index in [1.165, 1.54) is 0 Å². The Bertz CT molecular complexity index is 129. The van der Waals surface area contributed by atoms with Gasteiger partial charge in [-0.1, -0.05) is 0 Å². The zero-order chi connectivity index (χ0) is 8.69. The SMILES string of the molecule is Cl.Cl.NCCCC(NCF)C(=O)O. The van der Waals surface area contributed by atoms with E-state index in [4.69, 9.17) is 10.8 Å². The number of halogens is 3. The van der Waals surface area contributed by atoms with Crippen LogP contribution < -0.4 is 11.1 Å². The van der Waals surface area contributed by atoms with E-state index in [9.17, 15) is 9.18 Å². The largest absolute Gasteiger partial charge is 0.480 e. The minimum absolute atomic E-state index is 0. The van der Waals surface area contributed by atoms with E-state index in [1.807, 2.05) is 0 Å². The second-order valence-electron chi connectivity index (χ2n) is 2.16. The minimum atomic E-state index is -1.03. The Hall–Kier alpha value is -0.100. The quantitative estimate of drug-likeness (QED) is 0.589. The second kappa shape index (κ2) is 11.9. The molecule has 0 radical (unpaired) electrons. The highest BCUT2D eigenvalue weighted by Gasteiger charge is 2.14. The lowest BCUT2D eigenvalue weighted by Crippen LogP contribution is -2.36. The van der Waals surface area contributed by atoms with Gasteiger partial charge in [-0.3, -0.25) is 10.1 Å². The van der Waals surface area contributed by atoms with Crippen LogP contribution in [0.5, 0.6) is 0 Å². The van der Waals surface area contributed by atoms with Crippen LogP contribution in [0.15, 0.2) is 0 Å². The summed E-state index contributed by atoms with van der Waals surface area (Å²) in [4.78, 5) is 10.3. The first-order chi connectivity index (χ1) is 5.22. The number of aliphatic carboxylic acids is 1. The van der Waals surface area contributed by atoms with Gasteiger partial charge in [-0.05, 0) is 19.4 Å². The van der Waals surface area contributed by atoms with Gasteiger partial charge in [0.05, 0.1) is 0 Å². The summed E-state index contributed by atoms with van der Waals surface area (Å²) in [7, 11) is 0. The Morgan fingerprint density at radius 3 is 2.38 bits per heavy atom. The van der Waals surface area contributed by atoms with Gasteiger partial charge in [0.2, 0.25) is 0 Å². The topological polar surface area (TPSA) is 75.3 Å². The predicted octanol–water partition coefficient (Wildman–Crippen LogP) is 0.539. The van der Waals surface area contributed by atoms with Crippen LogP contribution in [0.4, 0.5) is 4.39 Å². The fraction of sp³-hybridized carbons (Fsp3) is 0.833. The third-order valence-electron chi connectivity index (χ3n) is 1.32. The van der Waals surface area contributed by atoms with Crippen molar-refractivity contribution < 1.29 is 14.3 Å². The van der Waals surface area contributed by atoms with Crippen LogP contribution in [0.3, 0.4) is 0 Å². The number of alkyl halides is 1. The Kier molecular flexibility index (Phi) is 17.1. The third-order valence-corrected chi connectivity index (χ3v) is 1.32. The molecule has 0 aliphatic carbocycles. The molecule has 7 heteroatoms. The van der Waals surface area contributed by atoms with Crippen molar-refractivity contribution >= 4 is 30.8 Å². The zero-order valence-electron chi connectivity index (χ0n) is 7.03. The molecular formula is C6H15Cl2FN2O2. The van der Waals surface area contributed by atoms with Crippen LogP contribution in [0.2, 0.25) is 0 Å². The van der Waals surface area contributed by atoms with Crippen molar-refractivity contribution in [2.75, 3.05) is 13.3 Å². The van der Waals surface area contributed by atoms with Crippen molar-refractivity contribution in [3.8, 4) is 0 Å². The minimum Gasteiger partial charge on any atom is -0.480 e. The van der Waals surface area contributed by atoms with Crippen LogP contribution in [0.25, 0.3) is 0 Å². The second-order valence-corrected chi connectivity index (χ2v) is 2.16. The number of rotatable bonds is 6. The van der Waals surface area contributed by atoms with Gasteiger partial charge in [0, 0.05) is 0 Å². The molecule has 0 rings (SSSR count). The highest BCUT2D eigenvalue weighted by Crippen LogP contribution is 1.95. The van der Waals surface area contributed by atoms with E-state index < -0.39 is 18.8 Å². The molecule has 0 amide bonds. The van der Waals surface area contributed by atoms with Crippen molar-refractivity contribution in [3.63, 3.8) is 0 Å². The molecule has 4 N–H and O–H groups in total. The van der Waals surface area contributed by atoms with E-state index >= 15 is 0 Å². The molecule has 0 aromatic carbocycles. The molecule has 0 aliphatic rings. The first kappa shape index (κ1) is 18.6. The fourth-order valence-corrected chi connectivity index (χ4v) is 0.728. The van der Waals surface area contributed by atoms with Gasteiger partial charge in [-0.2, -0.15) is 0 Å². The molecule has 13 heavy (non-hydrogen) atoms. The number of carbonyl (C=O) groups is 1. The Balaban J connectivity index is -0.000000500. The van der Waals surface area contributed by atoms with E-state index in [1.54, 1.807) is 0 Å². The van der Waals surface area contributed by atoms with Crippen LogP contribution in [0.1, 0.15) is 12.8 Å². The highest BCUT2D eigenvalue weighted by atomic mass is 35.5. The molecule has 4 nitrogen and oxygen atoms in total. The summed E-state index contributed by atoms with van der Waals surface area (Å²) < 4.78 is 11.6. The number of nitrogens with two attached hydrogens (primary N) is 1. The summed E-state index contributed by atoms with van der Waals surface area (Å²) in [5, 5.41) is 10.7. The molecule has 0 saturated heterocycles. The van der Waals surface area contributed by atoms with Crippen molar-refractivity contribution in [1.29, 1.82) is 0 Å². The van der Waals surface area contributed by atoms with Crippen LogP contribution in [-0.2, 0) is 4.79 Å². The Morgan fingerprint density at radius 1 is 1.54 bits per heavy atom. The first-order valence-electron chi connectivity index (χ1n) is 3.44. The van der Waals surface area contributed by atoms with Crippen LogP contribution in [-0.4, -0.2) is 30.5 Å². The maximum atomic E-state index is 11.6. The van der Waals surface area contributed by atoms with Crippen LogP contribution >= 0.6 is 24.8 Å². The lowest BCUT2D eigenvalue weighted by molar-refractivity contribution is -0.139. The number of carboxylic acid groups (broad SMARTS) is 1. The van der Waals surface area contributed by atoms with Gasteiger partial charge in [-0.15, -0.1) is 24.8 Å². The van der Waals surface area contributed by atoms with Crippen molar-refractivity contribution in [2.45, 2.75) is 18.9 Å². The van der Waals surface area contributed by atoms with Gasteiger partial charge in [0.1, 0.15) is 12.8 Å². The van der Waals surface area contributed by atoms with Gasteiger partial charge in [0.25, 0.3) is 0 Å². The van der Waals surface area contributed by atoms with E-state index in [-0.39, 0.29) is 24.8 Å². The van der Waals surface area contributed by atoms with Crippen molar-refractivity contribution in [1.82, 2.24) is 5.32 Å². The number of carboxylic acids is 1. The maximum Gasteiger partial charge on any atom is 0.320 e. The molecule has 1 atom stereocenters. The molecular weight excluding hydrogens is 222 g/mol. The summed E-state index contributed by atoms with van der Waals surface area (Å²) in [6, 6.07) is -0.802. The lowest BCUT2D eigenvalue weighted by atomic mass is 10.1. The molecule has 82 valence electrons. The summed E-state index contributed by atoms with van der Waals surface area (Å²) in [6.07, 6.45) is 0.958. The normalized spacial score (nSPS) is 10.9. The summed E-state index contributed by atoms with van der Waals surface area (Å²) in [5.74, 6) is -1.03. The lowest BCUT2D eigenvalue weighted by Gasteiger charge is -2.10. The standard InChI is InChI=1S/C6H13FN2O2.2ClH/c7-4-9-5(6(10)11)2-1-3-8;;/h5,9H,1-4,8H2,(H,10,11);2*1H. The van der Waals surface area contributed by atoms with Crippen LogP contribution in [0, 0.1) is 0 Å². The summed E-state index contributed by atoms with van der Waals surface area (Å²) in [5.41, 5.74) is 5.16. The highest BCUT2D eigenvalue weighted by molar-refractivity contribution is 5.85. The maximum absolute atomic E-state index is 11.6. The molecule has 0 bridgehead atoms. The average molecular weight is 237 g/mol. The predicted molar refractivity (Wildman–Crippen MR) is 53.3 cm³/mol. The molecule has 0 aromatic rings. The number of nitrogens with one attached hydrogen (secondary N) is 1. The number of hydrogen-bond donors (Lipinski definition) is 3. The monoisotopic (exact) mass is 236 g/mol. The van der Waals surface area contributed by atoms with E-state index in [0.717, 1.165) is 0 Å². The molecule has 0 saturated carbocycles. The molecule has 1 unspecified atom stereocenters. The van der Waals surface area contributed by atoms with Gasteiger partial charge >= 0.3 is 5.97 Å². The summed E-state index contributed by atoms with van der Waals surface area (Å²) >= 11 is 0. The molecule has 0 fully saturated rings. The van der Waals surface area contributed by atoms with Gasteiger partial charge in [-0.25, -0.2) is 4.39 Å². The molecule has 0 aliphatic heterocycles. The molecule has 0 spiro atoms. The Labute approximate surface area is 88.9 Å². The zero-order valence-corrected chi connectivity index (χ0v) is 8.67. The third kappa shape index (κ3) is 9.82. The van der Waals surface area contributed by atoms with Gasteiger partial charge in [0.15, 0.2) is 0 Å². The Morgan fingerprint density at radius 2 is 2.08 bits per heavy atom. The smallest absolute Gasteiger partial charge is 0.320 e. The number of hydrogen-bond acceptors (Lipinski definition) is 3. The fourth-order valence-electron chi connectivity index (χ4n) is 0.728. The molecule has 0 heterocycles. The van der Waals surface area contributed by atoms with Crippen molar-refractivity contribution in [3.05, 3.63) is 0 Å². The molecule has 0 aromatic heterocycles. The average Bonchev–Trinajstić information content (AvgIpc) is 1.97.